The van der Waals surface area contributed by atoms with E-state index in [2.05, 4.69) is 10.3 Å². The van der Waals surface area contributed by atoms with Crippen LogP contribution in [0, 0.1) is 11.6 Å². The van der Waals surface area contributed by atoms with Crippen molar-refractivity contribution < 1.29 is 13.6 Å². The van der Waals surface area contributed by atoms with Gasteiger partial charge in [0.2, 0.25) is 0 Å². The Morgan fingerprint density at radius 3 is 2.48 bits per heavy atom. The number of hydrogen-bond donors (Lipinski definition) is 2. The van der Waals surface area contributed by atoms with Crippen molar-refractivity contribution in [3.8, 4) is 0 Å². The standard InChI is InChI=1S/C23H17ClF2N2O/c24-19-11-21(26)20(25)10-16(19)23(29)28-12-17(14-6-2-1-3-7-14)18-13-27-22-9-5-4-8-15(18)22/h1-11,13,17,27H,12H2,(H,28,29)/t17-/m0/s1. The number of aromatic amines is 1. The molecule has 6 heteroatoms. The van der Waals surface area contributed by atoms with Gasteiger partial charge in [0.25, 0.3) is 5.91 Å². The zero-order valence-electron chi connectivity index (χ0n) is 15.3. The lowest BCUT2D eigenvalue weighted by molar-refractivity contribution is 0.0952. The zero-order chi connectivity index (χ0) is 20.4. The van der Waals surface area contributed by atoms with Gasteiger partial charge in [-0.2, -0.15) is 0 Å². The van der Waals surface area contributed by atoms with Crippen LogP contribution in [0.4, 0.5) is 8.78 Å². The highest BCUT2D eigenvalue weighted by atomic mass is 35.5. The van der Waals surface area contributed by atoms with Crippen molar-refractivity contribution in [2.75, 3.05) is 6.54 Å². The van der Waals surface area contributed by atoms with Crippen molar-refractivity contribution >= 4 is 28.4 Å². The average Bonchev–Trinajstić information content (AvgIpc) is 3.15. The summed E-state index contributed by atoms with van der Waals surface area (Å²) in [5.41, 5.74) is 2.95. The van der Waals surface area contributed by atoms with Gasteiger partial charge in [-0.1, -0.05) is 60.1 Å². The molecule has 0 spiro atoms. The molecular weight excluding hydrogens is 394 g/mol. The van der Waals surface area contributed by atoms with Crippen molar-refractivity contribution in [3.05, 3.63) is 106 Å². The van der Waals surface area contributed by atoms with Crippen LogP contribution < -0.4 is 5.32 Å². The summed E-state index contributed by atoms with van der Waals surface area (Å²) in [5, 5.41) is 3.73. The Balaban J connectivity index is 1.65. The molecule has 146 valence electrons. The Hall–Kier alpha value is -3.18. The van der Waals surface area contributed by atoms with Crippen LogP contribution in [0.15, 0.2) is 72.9 Å². The maximum Gasteiger partial charge on any atom is 0.252 e. The molecule has 0 bridgehead atoms. The minimum atomic E-state index is -1.12. The third kappa shape index (κ3) is 3.87. The number of amides is 1. The number of rotatable bonds is 5. The molecule has 0 aliphatic carbocycles. The third-order valence-corrected chi connectivity index (χ3v) is 5.23. The van der Waals surface area contributed by atoms with Crippen molar-refractivity contribution in [1.82, 2.24) is 10.3 Å². The number of H-pyrrole nitrogens is 1. The molecule has 1 amide bonds. The first-order valence-corrected chi connectivity index (χ1v) is 9.46. The number of carbonyl (C=O) groups excluding carboxylic acids is 1. The molecule has 0 aliphatic heterocycles. The van der Waals surface area contributed by atoms with Gasteiger partial charge in [0, 0.05) is 29.6 Å². The molecule has 29 heavy (non-hydrogen) atoms. The van der Waals surface area contributed by atoms with Gasteiger partial charge in [-0.15, -0.1) is 0 Å². The first-order chi connectivity index (χ1) is 14.0. The second-order valence-electron chi connectivity index (χ2n) is 6.71. The summed E-state index contributed by atoms with van der Waals surface area (Å²) in [7, 11) is 0. The topological polar surface area (TPSA) is 44.9 Å². The van der Waals surface area contributed by atoms with Crippen LogP contribution in [-0.4, -0.2) is 17.4 Å². The summed E-state index contributed by atoms with van der Waals surface area (Å²) >= 11 is 5.93. The Kier molecular flexibility index (Phi) is 5.32. The van der Waals surface area contributed by atoms with E-state index in [1.807, 2.05) is 60.8 Å². The van der Waals surface area contributed by atoms with Gasteiger partial charge < -0.3 is 10.3 Å². The monoisotopic (exact) mass is 410 g/mol. The molecule has 0 saturated carbocycles. The number of hydrogen-bond acceptors (Lipinski definition) is 1. The minimum Gasteiger partial charge on any atom is -0.361 e. The molecule has 1 aromatic heterocycles. The quantitative estimate of drug-likeness (QED) is 0.409. The van der Waals surface area contributed by atoms with E-state index in [9.17, 15) is 13.6 Å². The summed E-state index contributed by atoms with van der Waals surface area (Å²) in [4.78, 5) is 15.9. The summed E-state index contributed by atoms with van der Waals surface area (Å²) in [6, 6.07) is 19.3. The highest BCUT2D eigenvalue weighted by molar-refractivity contribution is 6.33. The fourth-order valence-electron chi connectivity index (χ4n) is 3.46. The number of aromatic nitrogens is 1. The molecular formula is C23H17ClF2N2O. The lowest BCUT2D eigenvalue weighted by Gasteiger charge is -2.18. The lowest BCUT2D eigenvalue weighted by atomic mass is 9.91. The fraction of sp³-hybridized carbons (Fsp3) is 0.0870. The number of nitrogens with one attached hydrogen (secondary N) is 2. The van der Waals surface area contributed by atoms with Crippen LogP contribution in [0.1, 0.15) is 27.4 Å². The van der Waals surface area contributed by atoms with Crippen molar-refractivity contribution in [2.24, 2.45) is 0 Å². The number of carbonyl (C=O) groups is 1. The molecule has 1 heterocycles. The molecule has 0 unspecified atom stereocenters. The van der Waals surface area contributed by atoms with E-state index >= 15 is 0 Å². The molecule has 4 aromatic rings. The van der Waals surface area contributed by atoms with Crippen molar-refractivity contribution in [2.45, 2.75) is 5.92 Å². The molecule has 3 nitrogen and oxygen atoms in total. The average molecular weight is 411 g/mol. The van der Waals surface area contributed by atoms with Crippen molar-refractivity contribution in [1.29, 1.82) is 0 Å². The Bertz CT molecular complexity index is 1170. The second-order valence-corrected chi connectivity index (χ2v) is 7.12. The SMILES string of the molecule is O=C(NC[C@@H](c1ccccc1)c1c[nH]c2ccccc12)c1cc(F)c(F)cc1Cl. The van der Waals surface area contributed by atoms with Gasteiger partial charge in [-0.05, 0) is 29.3 Å². The van der Waals surface area contributed by atoms with Crippen LogP contribution in [0.3, 0.4) is 0 Å². The summed E-state index contributed by atoms with van der Waals surface area (Å²) in [6.45, 7) is 0.264. The molecule has 0 fully saturated rings. The predicted octanol–water partition coefficient (Wildman–Crippen LogP) is 5.66. The van der Waals surface area contributed by atoms with Gasteiger partial charge in [0.1, 0.15) is 0 Å². The predicted molar refractivity (Wildman–Crippen MR) is 110 cm³/mol. The molecule has 2 N–H and O–H groups in total. The molecule has 0 radical (unpaired) electrons. The van der Waals surface area contributed by atoms with Crippen LogP contribution in [-0.2, 0) is 0 Å². The number of para-hydroxylation sites is 1. The smallest absolute Gasteiger partial charge is 0.252 e. The maximum atomic E-state index is 13.6. The number of halogens is 3. The molecule has 4 rings (SSSR count). The van der Waals surface area contributed by atoms with E-state index in [1.165, 1.54) is 0 Å². The first-order valence-electron chi connectivity index (χ1n) is 9.08. The summed E-state index contributed by atoms with van der Waals surface area (Å²) < 4.78 is 26.9. The van der Waals surface area contributed by atoms with Crippen LogP contribution in [0.5, 0.6) is 0 Å². The van der Waals surface area contributed by atoms with E-state index in [-0.39, 0.29) is 23.0 Å². The van der Waals surface area contributed by atoms with Gasteiger partial charge in [-0.25, -0.2) is 8.78 Å². The van der Waals surface area contributed by atoms with Gasteiger partial charge >= 0.3 is 0 Å². The van der Waals surface area contributed by atoms with Crippen LogP contribution >= 0.6 is 11.6 Å². The van der Waals surface area contributed by atoms with Gasteiger partial charge in [0.15, 0.2) is 11.6 Å². The number of benzene rings is 3. The van der Waals surface area contributed by atoms with E-state index in [4.69, 9.17) is 11.6 Å². The van der Waals surface area contributed by atoms with Gasteiger partial charge in [0.05, 0.1) is 10.6 Å². The Morgan fingerprint density at radius 1 is 1.00 bits per heavy atom. The van der Waals surface area contributed by atoms with E-state index in [0.717, 1.165) is 34.2 Å². The fourth-order valence-corrected chi connectivity index (χ4v) is 3.70. The minimum absolute atomic E-state index is 0.101. The maximum absolute atomic E-state index is 13.6. The van der Waals surface area contributed by atoms with Crippen molar-refractivity contribution in [3.63, 3.8) is 0 Å². The lowest BCUT2D eigenvalue weighted by Crippen LogP contribution is -2.29. The summed E-state index contributed by atoms with van der Waals surface area (Å²) in [6.07, 6.45) is 1.93. The largest absolute Gasteiger partial charge is 0.361 e. The van der Waals surface area contributed by atoms with E-state index in [1.54, 1.807) is 0 Å². The van der Waals surface area contributed by atoms with Crippen LogP contribution in [0.2, 0.25) is 5.02 Å². The normalized spacial score (nSPS) is 12.1. The molecule has 0 saturated heterocycles. The first kappa shape index (κ1) is 19.2. The van der Waals surface area contributed by atoms with Gasteiger partial charge in [-0.3, -0.25) is 4.79 Å². The zero-order valence-corrected chi connectivity index (χ0v) is 16.0. The molecule has 1 atom stereocenters. The Morgan fingerprint density at radius 2 is 1.69 bits per heavy atom. The van der Waals surface area contributed by atoms with E-state index in [0.29, 0.717) is 0 Å². The molecule has 3 aromatic carbocycles. The Labute approximate surface area is 171 Å². The highest BCUT2D eigenvalue weighted by Crippen LogP contribution is 2.30. The third-order valence-electron chi connectivity index (χ3n) is 4.92. The van der Waals surface area contributed by atoms with Crippen LogP contribution in [0.25, 0.3) is 10.9 Å². The second kappa shape index (κ2) is 8.05. The summed E-state index contributed by atoms with van der Waals surface area (Å²) in [5.74, 6) is -2.90. The highest BCUT2D eigenvalue weighted by Gasteiger charge is 2.21. The molecule has 0 aliphatic rings. The van der Waals surface area contributed by atoms with E-state index < -0.39 is 17.5 Å². The number of fused-ring (bicyclic) bond motifs is 1.